The van der Waals surface area contributed by atoms with Gasteiger partial charge in [-0.15, -0.1) is 0 Å². The zero-order valence-corrected chi connectivity index (χ0v) is 15.4. The molecule has 0 radical (unpaired) electrons. The maximum atomic E-state index is 12.1. The van der Waals surface area contributed by atoms with Crippen LogP contribution in [0, 0.1) is 12.8 Å². The molecule has 0 unspecified atom stereocenters. The number of H-pyrrole nitrogens is 1. The number of nitrogens with one attached hydrogen (secondary N) is 2. The minimum Gasteiger partial charge on any atom is -0.350 e. The number of hydrogen-bond donors (Lipinski definition) is 2. The van der Waals surface area contributed by atoms with Crippen LogP contribution in [0.25, 0.3) is 0 Å². The van der Waals surface area contributed by atoms with Gasteiger partial charge in [0, 0.05) is 38.4 Å². The summed E-state index contributed by atoms with van der Waals surface area (Å²) >= 11 is 0. The minimum absolute atomic E-state index is 0.0401. The summed E-state index contributed by atoms with van der Waals surface area (Å²) in [6, 6.07) is 1.74. The van der Waals surface area contributed by atoms with E-state index in [0.717, 1.165) is 51.3 Å². The van der Waals surface area contributed by atoms with Crippen LogP contribution in [0.1, 0.15) is 47.5 Å². The summed E-state index contributed by atoms with van der Waals surface area (Å²) in [6.45, 7) is 7.98. The van der Waals surface area contributed by atoms with Crippen molar-refractivity contribution in [2.75, 3.05) is 19.6 Å². The van der Waals surface area contributed by atoms with Crippen molar-refractivity contribution in [2.45, 2.75) is 39.7 Å². The summed E-state index contributed by atoms with van der Waals surface area (Å²) in [5.41, 5.74) is 2.96. The van der Waals surface area contributed by atoms with Gasteiger partial charge in [-0.05, 0) is 44.8 Å². The van der Waals surface area contributed by atoms with Crippen molar-refractivity contribution < 1.29 is 4.79 Å². The largest absolute Gasteiger partial charge is 0.350 e. The van der Waals surface area contributed by atoms with Gasteiger partial charge in [-0.1, -0.05) is 6.92 Å². The molecule has 7 nitrogen and oxygen atoms in total. The Morgan fingerprint density at radius 2 is 2.16 bits per heavy atom. The van der Waals surface area contributed by atoms with Crippen LogP contribution >= 0.6 is 0 Å². The van der Waals surface area contributed by atoms with Crippen molar-refractivity contribution in [3.05, 3.63) is 35.2 Å². The van der Waals surface area contributed by atoms with Crippen LogP contribution in [0.5, 0.6) is 0 Å². The Morgan fingerprint density at radius 1 is 1.40 bits per heavy atom. The Kier molecular flexibility index (Phi) is 5.53. The van der Waals surface area contributed by atoms with E-state index in [1.165, 1.54) is 11.4 Å². The van der Waals surface area contributed by atoms with E-state index in [4.69, 9.17) is 0 Å². The molecule has 2 aromatic heterocycles. The van der Waals surface area contributed by atoms with Crippen LogP contribution in [0.2, 0.25) is 0 Å². The highest BCUT2D eigenvalue weighted by molar-refractivity contribution is 5.92. The van der Waals surface area contributed by atoms with E-state index in [-0.39, 0.29) is 5.91 Å². The average molecular weight is 344 g/mol. The Bertz CT molecular complexity index is 711. The topological polar surface area (TPSA) is 78.8 Å². The van der Waals surface area contributed by atoms with Gasteiger partial charge >= 0.3 is 0 Å². The number of carbonyl (C=O) groups excluding carboxylic acids is 1. The average Bonchev–Trinajstić information content (AvgIpc) is 3.20. The van der Waals surface area contributed by atoms with Crippen molar-refractivity contribution >= 4 is 5.91 Å². The zero-order valence-electron chi connectivity index (χ0n) is 15.4. The van der Waals surface area contributed by atoms with Gasteiger partial charge in [0.1, 0.15) is 11.5 Å². The Morgan fingerprint density at radius 3 is 2.76 bits per heavy atom. The molecule has 1 saturated heterocycles. The summed E-state index contributed by atoms with van der Waals surface area (Å²) in [4.78, 5) is 22.6. The van der Waals surface area contributed by atoms with Gasteiger partial charge in [-0.25, -0.2) is 4.98 Å². The standard InChI is InChI=1S/C18H28N6O/c1-4-17-21-13(2)15(22-17)12-24-9-6-14(7-10-24)11-19-18(25)16-5-8-20-23(16)3/h5,8,14H,4,6-7,9-12H2,1-3H3,(H,19,25)(H,21,22). The summed E-state index contributed by atoms with van der Waals surface area (Å²) in [7, 11) is 1.79. The molecule has 3 rings (SSSR count). The first-order valence-corrected chi connectivity index (χ1v) is 9.09. The molecule has 0 saturated carbocycles. The van der Waals surface area contributed by atoms with Crippen LogP contribution in [0.3, 0.4) is 0 Å². The molecule has 2 N–H and O–H groups in total. The lowest BCUT2D eigenvalue weighted by Crippen LogP contribution is -2.38. The molecule has 0 bridgehead atoms. The van der Waals surface area contributed by atoms with Gasteiger partial charge < -0.3 is 10.3 Å². The fraction of sp³-hybridized carbons (Fsp3) is 0.611. The molecular weight excluding hydrogens is 316 g/mol. The van der Waals surface area contributed by atoms with E-state index in [9.17, 15) is 4.79 Å². The van der Waals surface area contributed by atoms with Gasteiger partial charge in [0.05, 0.1) is 5.69 Å². The molecule has 2 aromatic rings. The molecule has 1 aliphatic rings. The monoisotopic (exact) mass is 344 g/mol. The Balaban J connectivity index is 1.43. The summed E-state index contributed by atoms with van der Waals surface area (Å²) in [6.07, 6.45) is 4.80. The maximum absolute atomic E-state index is 12.1. The fourth-order valence-corrected chi connectivity index (χ4v) is 3.37. The van der Waals surface area contributed by atoms with Crippen LogP contribution in [-0.2, 0) is 20.0 Å². The highest BCUT2D eigenvalue weighted by Gasteiger charge is 2.21. The highest BCUT2D eigenvalue weighted by atomic mass is 16.2. The first kappa shape index (κ1) is 17.7. The molecule has 0 atom stereocenters. The predicted molar refractivity (Wildman–Crippen MR) is 96.2 cm³/mol. The molecule has 1 aliphatic heterocycles. The van der Waals surface area contributed by atoms with E-state index in [2.05, 4.69) is 39.1 Å². The molecule has 1 amide bonds. The van der Waals surface area contributed by atoms with Crippen LogP contribution in [0.15, 0.2) is 12.3 Å². The van der Waals surface area contributed by atoms with Gasteiger partial charge in [0.2, 0.25) is 0 Å². The van der Waals surface area contributed by atoms with Crippen molar-refractivity contribution in [3.8, 4) is 0 Å². The number of rotatable bonds is 6. The second-order valence-electron chi connectivity index (χ2n) is 6.88. The number of aryl methyl sites for hydroxylation is 3. The number of piperidine rings is 1. The smallest absolute Gasteiger partial charge is 0.269 e. The lowest BCUT2D eigenvalue weighted by molar-refractivity contribution is 0.0925. The van der Waals surface area contributed by atoms with Crippen molar-refractivity contribution in [3.63, 3.8) is 0 Å². The summed E-state index contributed by atoms with van der Waals surface area (Å²) in [5, 5.41) is 7.08. The highest BCUT2D eigenvalue weighted by Crippen LogP contribution is 2.19. The van der Waals surface area contributed by atoms with Crippen LogP contribution in [-0.4, -0.2) is 50.2 Å². The second kappa shape index (κ2) is 7.82. The SMILES string of the molecule is CCc1nc(CN2CCC(CNC(=O)c3ccnn3C)CC2)c(C)[nH]1. The lowest BCUT2D eigenvalue weighted by Gasteiger charge is -2.31. The number of amides is 1. The first-order chi connectivity index (χ1) is 12.1. The Labute approximate surface area is 148 Å². The quantitative estimate of drug-likeness (QED) is 0.835. The first-order valence-electron chi connectivity index (χ1n) is 9.09. The summed E-state index contributed by atoms with van der Waals surface area (Å²) in [5.74, 6) is 1.57. The molecular formula is C18H28N6O. The normalized spacial score (nSPS) is 16.3. The number of aromatic nitrogens is 4. The predicted octanol–water partition coefficient (Wildman–Crippen LogP) is 1.66. The van der Waals surface area contributed by atoms with E-state index in [1.807, 2.05) is 0 Å². The van der Waals surface area contributed by atoms with E-state index in [1.54, 1.807) is 24.0 Å². The fourth-order valence-electron chi connectivity index (χ4n) is 3.37. The molecule has 1 fully saturated rings. The van der Waals surface area contributed by atoms with Gasteiger partial charge in [-0.3, -0.25) is 14.4 Å². The molecule has 0 aromatic carbocycles. The van der Waals surface area contributed by atoms with Gasteiger partial charge in [0.25, 0.3) is 5.91 Å². The number of carbonyl (C=O) groups is 1. The van der Waals surface area contributed by atoms with Gasteiger partial charge in [0.15, 0.2) is 0 Å². The van der Waals surface area contributed by atoms with E-state index >= 15 is 0 Å². The third kappa shape index (κ3) is 4.28. The molecule has 25 heavy (non-hydrogen) atoms. The van der Waals surface area contributed by atoms with Crippen molar-refractivity contribution in [2.24, 2.45) is 13.0 Å². The van der Waals surface area contributed by atoms with Crippen molar-refractivity contribution in [1.29, 1.82) is 0 Å². The van der Waals surface area contributed by atoms with E-state index in [0.29, 0.717) is 11.6 Å². The number of nitrogens with zero attached hydrogens (tertiary/aromatic N) is 4. The molecule has 0 spiro atoms. The summed E-state index contributed by atoms with van der Waals surface area (Å²) < 4.78 is 1.61. The molecule has 0 aliphatic carbocycles. The maximum Gasteiger partial charge on any atom is 0.269 e. The van der Waals surface area contributed by atoms with Gasteiger partial charge in [-0.2, -0.15) is 5.10 Å². The number of hydrogen-bond acceptors (Lipinski definition) is 4. The third-order valence-corrected chi connectivity index (χ3v) is 5.05. The third-order valence-electron chi connectivity index (χ3n) is 5.05. The zero-order chi connectivity index (χ0) is 17.8. The van der Waals surface area contributed by atoms with Crippen molar-refractivity contribution in [1.82, 2.24) is 30.0 Å². The Hall–Kier alpha value is -2.15. The number of likely N-dealkylation sites (tertiary alicyclic amines) is 1. The van der Waals surface area contributed by atoms with Crippen LogP contribution in [0.4, 0.5) is 0 Å². The minimum atomic E-state index is -0.0401. The second-order valence-corrected chi connectivity index (χ2v) is 6.88. The van der Waals surface area contributed by atoms with Crippen LogP contribution < -0.4 is 5.32 Å². The number of imidazole rings is 1. The van der Waals surface area contributed by atoms with E-state index < -0.39 is 0 Å². The molecule has 136 valence electrons. The lowest BCUT2D eigenvalue weighted by atomic mass is 9.96. The molecule has 3 heterocycles. The molecule has 7 heteroatoms. The number of aromatic amines is 1.